The fourth-order valence-electron chi connectivity index (χ4n) is 7.46. The average Bonchev–Trinajstić information content (AvgIpc) is 4.13. The Balaban J connectivity index is 1.24. The van der Waals surface area contributed by atoms with E-state index in [0.29, 0.717) is 40.9 Å². The molecule has 16 heteroatoms. The maximum Gasteiger partial charge on any atom is 0.292 e. The Hall–Kier alpha value is -6.03. The van der Waals surface area contributed by atoms with Gasteiger partial charge in [-0.15, -0.1) is 6.58 Å². The molecule has 7 rings (SSSR count). The molecule has 0 radical (unpaired) electrons. The van der Waals surface area contributed by atoms with Gasteiger partial charge in [0, 0.05) is 41.5 Å². The van der Waals surface area contributed by atoms with Crippen LogP contribution in [-0.2, 0) is 24.4 Å². The number of nitrogens with zero attached hydrogens (tertiary/aromatic N) is 3. The highest BCUT2D eigenvalue weighted by Crippen LogP contribution is 2.46. The highest BCUT2D eigenvalue weighted by molar-refractivity contribution is 7.91. The third-order valence-corrected chi connectivity index (χ3v) is 12.8. The second-order valence-electron chi connectivity index (χ2n) is 16.1. The van der Waals surface area contributed by atoms with Crippen molar-refractivity contribution in [2.24, 2.45) is 11.3 Å². The van der Waals surface area contributed by atoms with E-state index >= 15 is 0 Å². The molecule has 15 nitrogen and oxygen atoms in total. The molecule has 0 spiro atoms. The van der Waals surface area contributed by atoms with Crippen LogP contribution in [0.2, 0.25) is 0 Å². The van der Waals surface area contributed by atoms with Crippen LogP contribution in [0.5, 0.6) is 11.5 Å². The number of amides is 3. The molecule has 2 aliphatic carbocycles. The van der Waals surface area contributed by atoms with E-state index in [-0.39, 0.29) is 30.8 Å². The van der Waals surface area contributed by atoms with E-state index in [1.54, 1.807) is 52.1 Å². The third kappa shape index (κ3) is 8.05. The first kappa shape index (κ1) is 40.2. The van der Waals surface area contributed by atoms with E-state index in [4.69, 9.17) is 14.5 Å². The van der Waals surface area contributed by atoms with E-state index in [1.165, 1.54) is 29.2 Å². The number of carbonyl (C=O) groups excluding carboxylic acids is 3. The summed E-state index contributed by atoms with van der Waals surface area (Å²) < 4.78 is 40.0. The second-order valence-corrected chi connectivity index (χ2v) is 18.1. The fourth-order valence-corrected chi connectivity index (χ4v) is 8.82. The molecule has 3 N–H and O–H groups in total. The predicted octanol–water partition coefficient (Wildman–Crippen LogP) is 5.36. The van der Waals surface area contributed by atoms with Gasteiger partial charge >= 0.3 is 0 Å². The van der Waals surface area contributed by atoms with E-state index < -0.39 is 73.0 Å². The number of pyridine rings is 1. The number of ether oxygens (including phenoxy) is 2. The van der Waals surface area contributed by atoms with Crippen LogP contribution >= 0.6 is 0 Å². The summed E-state index contributed by atoms with van der Waals surface area (Å²) >= 11 is 0. The highest BCUT2D eigenvalue weighted by Gasteiger charge is 2.62. The minimum Gasteiger partial charge on any atom is -0.497 e. The molecule has 0 bridgehead atoms. The summed E-state index contributed by atoms with van der Waals surface area (Å²) in [5.74, 6) is -1.59. The normalized spacial score (nSPS) is 22.1. The number of hydrogen-bond acceptors (Lipinski definition) is 11. The summed E-state index contributed by atoms with van der Waals surface area (Å²) in [6.07, 6.45) is 1.74. The Labute approximate surface area is 336 Å². The molecule has 58 heavy (non-hydrogen) atoms. The van der Waals surface area contributed by atoms with Gasteiger partial charge in [-0.3, -0.25) is 29.2 Å². The van der Waals surface area contributed by atoms with Crippen molar-refractivity contribution >= 4 is 50.0 Å². The van der Waals surface area contributed by atoms with Crippen molar-refractivity contribution in [2.75, 3.05) is 19.0 Å². The van der Waals surface area contributed by atoms with E-state index in [2.05, 4.69) is 21.9 Å². The molecule has 3 aromatic carbocycles. The zero-order valence-electron chi connectivity index (χ0n) is 32.6. The molecule has 2 saturated carbocycles. The maximum absolute atomic E-state index is 14.9. The Bertz CT molecular complexity index is 2400. The van der Waals surface area contributed by atoms with Gasteiger partial charge in [0.05, 0.1) is 35.0 Å². The summed E-state index contributed by atoms with van der Waals surface area (Å²) in [5.41, 5.74) is -0.470. The van der Waals surface area contributed by atoms with Crippen LogP contribution < -0.4 is 24.8 Å². The first-order chi connectivity index (χ1) is 27.5. The number of methoxy groups -OCH3 is 1. The standard InChI is InChI=1S/C42H46N6O9S/c1-6-26-23-42(26,40(51)46-58(54,55)29-17-18-29)45-38(49)35-21-28(24-47(35)39(50)37(41(2,3)4)44-31-14-10-11-15-34(31)48(52)53)57-36-22-32(25-12-8-7-9-13-25)43-33-20-27(56-5)16-19-30(33)36/h6-16,19-20,22,26,28-29,35,37,44H,1,17-18,21,23-24H2,2-5H3,(H,45,49)(H,46,51). The van der Waals surface area contributed by atoms with Crippen LogP contribution in [0.25, 0.3) is 22.2 Å². The number of para-hydroxylation sites is 2. The number of benzene rings is 3. The molecule has 4 aromatic rings. The lowest BCUT2D eigenvalue weighted by atomic mass is 9.85. The number of fused-ring (bicyclic) bond motifs is 1. The van der Waals surface area contributed by atoms with Gasteiger partial charge in [-0.25, -0.2) is 13.4 Å². The number of sulfonamides is 1. The number of aromatic nitrogens is 1. The molecule has 1 aliphatic heterocycles. The Kier molecular flexibility index (Phi) is 10.7. The number of likely N-dealkylation sites (tertiary alicyclic amines) is 1. The van der Waals surface area contributed by atoms with Gasteiger partial charge in [0.1, 0.15) is 40.9 Å². The van der Waals surface area contributed by atoms with Crippen molar-refractivity contribution in [2.45, 2.75) is 75.4 Å². The molecule has 2 heterocycles. The lowest BCUT2D eigenvalue weighted by molar-refractivity contribution is -0.384. The molecule has 304 valence electrons. The molecule has 5 unspecified atom stereocenters. The van der Waals surface area contributed by atoms with Crippen molar-refractivity contribution in [3.63, 3.8) is 0 Å². The summed E-state index contributed by atoms with van der Waals surface area (Å²) in [4.78, 5) is 60.7. The SMILES string of the molecule is C=CC1CC1(NC(=O)C1CC(Oc2cc(-c3ccccc3)nc3cc(OC)ccc23)CN1C(=O)C(Nc1ccccc1[N+](=O)[O-])C(C)(C)C)C(=O)NS(=O)(=O)C1CC1. The smallest absolute Gasteiger partial charge is 0.292 e. The highest BCUT2D eigenvalue weighted by atomic mass is 32.2. The Morgan fingerprint density at radius 3 is 2.40 bits per heavy atom. The molecule has 1 saturated heterocycles. The van der Waals surface area contributed by atoms with Crippen LogP contribution in [0, 0.1) is 21.4 Å². The summed E-state index contributed by atoms with van der Waals surface area (Å²) in [6.45, 7) is 9.13. The molecule has 1 aromatic heterocycles. The molecule has 3 fully saturated rings. The predicted molar refractivity (Wildman–Crippen MR) is 217 cm³/mol. The van der Waals surface area contributed by atoms with Gasteiger partial charge < -0.3 is 25.0 Å². The van der Waals surface area contributed by atoms with Crippen molar-refractivity contribution in [1.29, 1.82) is 0 Å². The molecule has 3 amide bonds. The lowest BCUT2D eigenvalue weighted by Gasteiger charge is -2.36. The number of hydrogen-bond donors (Lipinski definition) is 3. The van der Waals surface area contributed by atoms with Gasteiger partial charge in [-0.05, 0) is 42.9 Å². The van der Waals surface area contributed by atoms with Crippen molar-refractivity contribution in [3.05, 3.63) is 102 Å². The van der Waals surface area contributed by atoms with E-state index in [0.717, 1.165) is 5.56 Å². The van der Waals surface area contributed by atoms with Crippen LogP contribution in [0.3, 0.4) is 0 Å². The van der Waals surface area contributed by atoms with Crippen molar-refractivity contribution in [1.82, 2.24) is 19.9 Å². The molecular weight excluding hydrogens is 765 g/mol. The Morgan fingerprint density at radius 2 is 1.76 bits per heavy atom. The van der Waals surface area contributed by atoms with Gasteiger partial charge in [0.25, 0.3) is 11.6 Å². The van der Waals surface area contributed by atoms with Gasteiger partial charge in [0.15, 0.2) is 0 Å². The topological polar surface area (TPSA) is 199 Å². The van der Waals surface area contributed by atoms with Crippen LogP contribution in [0.1, 0.15) is 46.5 Å². The number of nitro benzene ring substituents is 1. The number of carbonyl (C=O) groups is 3. The van der Waals surface area contributed by atoms with E-state index in [1.807, 2.05) is 36.4 Å². The third-order valence-electron chi connectivity index (χ3n) is 11.0. The van der Waals surface area contributed by atoms with Gasteiger partial charge in [-0.1, -0.05) is 69.3 Å². The van der Waals surface area contributed by atoms with Crippen molar-refractivity contribution < 1.29 is 37.2 Å². The minimum absolute atomic E-state index is 0.00259. The van der Waals surface area contributed by atoms with Crippen LogP contribution in [0.15, 0.2) is 91.5 Å². The molecular formula is C42H46N6O9S. The first-order valence-corrected chi connectivity index (χ1v) is 20.6. The van der Waals surface area contributed by atoms with E-state index in [9.17, 15) is 32.9 Å². The summed E-state index contributed by atoms with van der Waals surface area (Å²) in [6, 6.07) is 20.5. The molecule has 5 atom stereocenters. The van der Waals surface area contributed by atoms with Gasteiger partial charge in [-0.2, -0.15) is 0 Å². The lowest BCUT2D eigenvalue weighted by Crippen LogP contribution is -2.58. The quantitative estimate of drug-likeness (QED) is 0.0842. The van der Waals surface area contributed by atoms with Crippen molar-refractivity contribution in [3.8, 4) is 22.8 Å². The largest absolute Gasteiger partial charge is 0.497 e. The minimum atomic E-state index is -3.94. The van der Waals surface area contributed by atoms with Crippen LogP contribution in [-0.4, -0.2) is 83.6 Å². The maximum atomic E-state index is 14.9. The summed E-state index contributed by atoms with van der Waals surface area (Å²) in [5, 5.41) is 17.9. The second kappa shape index (κ2) is 15.4. The fraction of sp³-hybridized carbons (Fsp3) is 0.381. The number of nitrogens with one attached hydrogen (secondary N) is 3. The summed E-state index contributed by atoms with van der Waals surface area (Å²) in [7, 11) is -2.38. The molecule has 3 aliphatic rings. The number of rotatable bonds is 14. The Morgan fingerprint density at radius 1 is 1.05 bits per heavy atom. The first-order valence-electron chi connectivity index (χ1n) is 19.1. The number of nitro groups is 1. The average molecular weight is 811 g/mol. The number of anilines is 1. The monoisotopic (exact) mass is 810 g/mol. The van der Waals surface area contributed by atoms with Gasteiger partial charge in [0.2, 0.25) is 21.8 Å². The van der Waals surface area contributed by atoms with Crippen LogP contribution in [0.4, 0.5) is 11.4 Å². The zero-order valence-corrected chi connectivity index (χ0v) is 33.5. The zero-order chi connectivity index (χ0) is 41.6.